The summed E-state index contributed by atoms with van der Waals surface area (Å²) >= 11 is 0. The molecule has 1 N–H and O–H groups in total. The summed E-state index contributed by atoms with van der Waals surface area (Å²) in [6.07, 6.45) is 8.76. The minimum Gasteiger partial charge on any atom is -0.382 e. The normalized spacial score (nSPS) is 18.0. The number of hydrogen-bond acceptors (Lipinski definition) is 5. The highest BCUT2D eigenvalue weighted by Crippen LogP contribution is 2.41. The van der Waals surface area contributed by atoms with E-state index in [1.807, 2.05) is 0 Å². The van der Waals surface area contributed by atoms with Gasteiger partial charge in [0.05, 0.1) is 17.9 Å². The Morgan fingerprint density at radius 2 is 1.90 bits per heavy atom. The van der Waals surface area contributed by atoms with E-state index in [-0.39, 0.29) is 23.7 Å². The Hall–Kier alpha value is -2.81. The van der Waals surface area contributed by atoms with Crippen LogP contribution in [0.4, 0.5) is 13.2 Å². The van der Waals surface area contributed by atoms with Gasteiger partial charge in [0.2, 0.25) is 0 Å². The van der Waals surface area contributed by atoms with Crippen molar-refractivity contribution in [3.8, 4) is 0 Å². The molecule has 0 amide bonds. The number of hydrogen-bond donors (Lipinski definition) is 1. The summed E-state index contributed by atoms with van der Waals surface area (Å²) in [5.74, 6) is -3.28. The van der Waals surface area contributed by atoms with Crippen molar-refractivity contribution in [3.05, 3.63) is 71.6 Å². The number of rotatable bonds is 6. The van der Waals surface area contributed by atoms with Crippen LogP contribution in [0.25, 0.3) is 0 Å². The lowest BCUT2D eigenvalue weighted by molar-refractivity contribution is -0.0134. The highest BCUT2D eigenvalue weighted by atomic mass is 19.1. The Bertz CT molecular complexity index is 1040. The summed E-state index contributed by atoms with van der Waals surface area (Å²) in [5.41, 5.74) is -1.82. The third-order valence-corrected chi connectivity index (χ3v) is 6.23. The first-order valence-electron chi connectivity index (χ1n) is 10.4. The van der Waals surface area contributed by atoms with Crippen molar-refractivity contribution in [2.45, 2.75) is 63.0 Å². The molecule has 4 rings (SSSR count). The molecule has 0 aliphatic heterocycles. The molecule has 1 saturated carbocycles. The lowest BCUT2D eigenvalue weighted by atomic mass is 9.78. The first kappa shape index (κ1) is 21.4. The van der Waals surface area contributed by atoms with Gasteiger partial charge in [-0.3, -0.25) is 0 Å². The minimum absolute atomic E-state index is 0.00587. The number of nitrogens with zero attached hydrogens (tertiary/aromatic N) is 5. The molecule has 3 aromatic rings. The van der Waals surface area contributed by atoms with E-state index in [0.29, 0.717) is 11.8 Å². The fourth-order valence-electron chi connectivity index (χ4n) is 4.44. The van der Waals surface area contributed by atoms with Crippen LogP contribution in [0.5, 0.6) is 0 Å². The molecule has 0 radical (unpaired) electrons. The zero-order valence-electron chi connectivity index (χ0n) is 17.2. The highest BCUT2D eigenvalue weighted by Gasteiger charge is 2.42. The van der Waals surface area contributed by atoms with Crippen molar-refractivity contribution in [1.29, 1.82) is 0 Å². The predicted octanol–water partition coefficient (Wildman–Crippen LogP) is 4.22. The Balaban J connectivity index is 1.78. The van der Waals surface area contributed by atoms with Gasteiger partial charge in [0.1, 0.15) is 36.2 Å². The standard InChI is InChI=1S/C22H24F3N5O/c1-14(20-19(25)21(28-12-27-20)15-5-3-2-4-6-15)22(31,10-30-13-26-11-29-30)17-8-7-16(23)9-18(17)24/h7-9,11-15,31H,2-6,10H2,1H3/t14-,22+/m0/s1. The number of benzene rings is 1. The van der Waals surface area contributed by atoms with Gasteiger partial charge < -0.3 is 5.11 Å². The van der Waals surface area contributed by atoms with Crippen molar-refractivity contribution >= 4 is 0 Å². The monoisotopic (exact) mass is 431 g/mol. The van der Waals surface area contributed by atoms with Crippen molar-refractivity contribution in [1.82, 2.24) is 24.7 Å². The van der Waals surface area contributed by atoms with Gasteiger partial charge in [-0.2, -0.15) is 5.10 Å². The molecule has 2 heterocycles. The minimum atomic E-state index is -1.97. The number of aromatic nitrogens is 5. The molecule has 0 bridgehead atoms. The molecule has 31 heavy (non-hydrogen) atoms. The maximum atomic E-state index is 15.6. The highest BCUT2D eigenvalue weighted by molar-refractivity contribution is 5.31. The van der Waals surface area contributed by atoms with Crippen molar-refractivity contribution in [3.63, 3.8) is 0 Å². The van der Waals surface area contributed by atoms with Crippen LogP contribution in [-0.2, 0) is 12.1 Å². The zero-order chi connectivity index (χ0) is 22.0. The van der Waals surface area contributed by atoms with E-state index in [0.717, 1.165) is 38.2 Å². The van der Waals surface area contributed by atoms with Gasteiger partial charge in [0.25, 0.3) is 0 Å². The molecule has 1 aliphatic rings. The van der Waals surface area contributed by atoms with Crippen LogP contribution in [0, 0.1) is 17.5 Å². The van der Waals surface area contributed by atoms with E-state index >= 15 is 4.39 Å². The van der Waals surface area contributed by atoms with Crippen molar-refractivity contribution in [2.75, 3.05) is 0 Å². The second-order valence-corrected chi connectivity index (χ2v) is 8.16. The van der Waals surface area contributed by atoms with Crippen LogP contribution in [0.3, 0.4) is 0 Å². The van der Waals surface area contributed by atoms with Gasteiger partial charge in [0.15, 0.2) is 5.82 Å². The molecule has 164 valence electrons. The molecule has 0 unspecified atom stereocenters. The second-order valence-electron chi connectivity index (χ2n) is 8.16. The topological polar surface area (TPSA) is 76.7 Å². The summed E-state index contributed by atoms with van der Waals surface area (Å²) in [5, 5.41) is 15.7. The van der Waals surface area contributed by atoms with Crippen LogP contribution >= 0.6 is 0 Å². The summed E-state index contributed by atoms with van der Waals surface area (Å²) < 4.78 is 45.2. The smallest absolute Gasteiger partial charge is 0.166 e. The summed E-state index contributed by atoms with van der Waals surface area (Å²) in [4.78, 5) is 12.1. The fourth-order valence-corrected chi connectivity index (χ4v) is 4.44. The van der Waals surface area contributed by atoms with Crippen LogP contribution in [0.1, 0.15) is 67.8 Å². The Morgan fingerprint density at radius 1 is 1.13 bits per heavy atom. The number of halogens is 3. The summed E-state index contributed by atoms with van der Waals surface area (Å²) in [6.45, 7) is 1.34. The fraction of sp³-hybridized carbons (Fsp3) is 0.455. The molecular weight excluding hydrogens is 407 g/mol. The third-order valence-electron chi connectivity index (χ3n) is 6.23. The molecule has 9 heteroatoms. The summed E-state index contributed by atoms with van der Waals surface area (Å²) in [7, 11) is 0. The van der Waals surface area contributed by atoms with Gasteiger partial charge in [-0.25, -0.2) is 32.8 Å². The van der Waals surface area contributed by atoms with E-state index < -0.39 is 29.0 Å². The van der Waals surface area contributed by atoms with Gasteiger partial charge >= 0.3 is 0 Å². The van der Waals surface area contributed by atoms with Crippen LogP contribution in [0.15, 0.2) is 37.2 Å². The second kappa shape index (κ2) is 8.74. The Morgan fingerprint density at radius 3 is 2.58 bits per heavy atom. The van der Waals surface area contributed by atoms with Gasteiger partial charge in [0, 0.05) is 23.5 Å². The van der Waals surface area contributed by atoms with Gasteiger partial charge in [-0.05, 0) is 18.9 Å². The molecule has 6 nitrogen and oxygen atoms in total. The molecule has 0 spiro atoms. The van der Waals surface area contributed by atoms with Gasteiger partial charge in [-0.15, -0.1) is 0 Å². The van der Waals surface area contributed by atoms with Crippen molar-refractivity contribution in [2.24, 2.45) is 0 Å². The molecule has 2 atom stereocenters. The zero-order valence-corrected chi connectivity index (χ0v) is 17.2. The molecule has 0 saturated heterocycles. The average Bonchev–Trinajstić information content (AvgIpc) is 3.26. The Kier molecular flexibility index (Phi) is 6.04. The lowest BCUT2D eigenvalue weighted by Crippen LogP contribution is -2.39. The first-order valence-corrected chi connectivity index (χ1v) is 10.4. The van der Waals surface area contributed by atoms with Crippen molar-refractivity contribution < 1.29 is 18.3 Å². The van der Waals surface area contributed by atoms with E-state index in [1.165, 1.54) is 29.7 Å². The number of aliphatic hydroxyl groups is 1. The van der Waals surface area contributed by atoms with Crippen LogP contribution < -0.4 is 0 Å². The predicted molar refractivity (Wildman–Crippen MR) is 107 cm³/mol. The quantitative estimate of drug-likeness (QED) is 0.632. The van der Waals surface area contributed by atoms with Crippen LogP contribution in [-0.4, -0.2) is 29.8 Å². The van der Waals surface area contributed by atoms with E-state index in [2.05, 4.69) is 20.1 Å². The van der Waals surface area contributed by atoms with Crippen LogP contribution in [0.2, 0.25) is 0 Å². The molecule has 1 fully saturated rings. The largest absolute Gasteiger partial charge is 0.382 e. The van der Waals surface area contributed by atoms with E-state index in [1.54, 1.807) is 6.92 Å². The van der Waals surface area contributed by atoms with E-state index in [9.17, 15) is 13.9 Å². The van der Waals surface area contributed by atoms with Gasteiger partial charge in [-0.1, -0.05) is 32.3 Å². The third kappa shape index (κ3) is 4.19. The molecular formula is C22H24F3N5O. The maximum Gasteiger partial charge on any atom is 0.166 e. The van der Waals surface area contributed by atoms with E-state index in [4.69, 9.17) is 0 Å². The lowest BCUT2D eigenvalue weighted by Gasteiger charge is -2.35. The SMILES string of the molecule is C[C@@H](c1ncnc(C2CCCCC2)c1F)[C@](O)(Cn1cncn1)c1ccc(F)cc1F. The first-order chi connectivity index (χ1) is 14.9. The Labute approximate surface area is 178 Å². The average molecular weight is 431 g/mol. The maximum absolute atomic E-state index is 15.6. The summed E-state index contributed by atoms with van der Waals surface area (Å²) in [6, 6.07) is 2.92. The molecule has 1 aromatic carbocycles. The molecule has 2 aromatic heterocycles. The molecule has 1 aliphatic carbocycles.